The van der Waals surface area contributed by atoms with E-state index in [1.165, 1.54) is 19.1 Å². The molecule has 0 spiro atoms. The zero-order chi connectivity index (χ0) is 20.9. The number of phenolic OH excluding ortho intramolecular Hbond substituents is 1. The van der Waals surface area contributed by atoms with Crippen LogP contribution in [0.5, 0.6) is 11.5 Å². The van der Waals surface area contributed by atoms with Gasteiger partial charge in [-0.15, -0.1) is 0 Å². The molecule has 0 aliphatic heterocycles. The SMILES string of the molecule is CCOc1ccc(C(=O)O[As](=O)(O)c2ccc(O)cc2NC(C)=O)cc1CC. The molecule has 0 saturated carbocycles. The van der Waals surface area contributed by atoms with E-state index in [4.69, 9.17) is 8.46 Å². The Hall–Kier alpha value is -2.70. The van der Waals surface area contributed by atoms with Crippen molar-refractivity contribution in [2.45, 2.75) is 27.2 Å². The van der Waals surface area contributed by atoms with E-state index in [2.05, 4.69) is 5.32 Å². The number of anilines is 1. The molecule has 0 aromatic heterocycles. The number of aromatic hydroxyl groups is 1. The van der Waals surface area contributed by atoms with Crippen LogP contribution >= 0.6 is 0 Å². The molecule has 0 aliphatic rings. The van der Waals surface area contributed by atoms with E-state index in [1.54, 1.807) is 12.1 Å². The second-order valence-electron chi connectivity index (χ2n) is 5.89. The van der Waals surface area contributed by atoms with Gasteiger partial charge < -0.3 is 0 Å². The molecule has 1 unspecified atom stereocenters. The van der Waals surface area contributed by atoms with Gasteiger partial charge in [-0.25, -0.2) is 0 Å². The molecular weight excluding hydrogens is 429 g/mol. The monoisotopic (exact) mass is 451 g/mol. The Morgan fingerprint density at radius 1 is 1.14 bits per heavy atom. The number of benzene rings is 2. The quantitative estimate of drug-likeness (QED) is 0.548. The van der Waals surface area contributed by atoms with Crippen LogP contribution in [0.1, 0.15) is 36.7 Å². The predicted molar refractivity (Wildman–Crippen MR) is 103 cm³/mol. The van der Waals surface area contributed by atoms with E-state index in [0.29, 0.717) is 18.8 Å². The first-order chi connectivity index (χ1) is 13.2. The Balaban J connectivity index is 2.33. The van der Waals surface area contributed by atoms with Crippen LogP contribution in [-0.4, -0.2) is 41.9 Å². The molecular formula is C19H22AsNO7. The fourth-order valence-corrected chi connectivity index (χ4v) is 4.90. The van der Waals surface area contributed by atoms with Crippen LogP contribution in [0.15, 0.2) is 36.4 Å². The number of rotatable bonds is 7. The minimum absolute atomic E-state index is 0.0914. The van der Waals surface area contributed by atoms with Crippen molar-refractivity contribution in [1.29, 1.82) is 0 Å². The van der Waals surface area contributed by atoms with Crippen LogP contribution in [0, 0.1) is 0 Å². The third-order valence-electron chi connectivity index (χ3n) is 3.78. The average molecular weight is 451 g/mol. The third kappa shape index (κ3) is 5.18. The van der Waals surface area contributed by atoms with Crippen molar-refractivity contribution >= 4 is 36.1 Å². The Morgan fingerprint density at radius 3 is 2.46 bits per heavy atom. The van der Waals surface area contributed by atoms with Crippen molar-refractivity contribution in [3.05, 3.63) is 47.5 Å². The Kier molecular flexibility index (Phi) is 6.94. The molecule has 0 heterocycles. The summed E-state index contributed by atoms with van der Waals surface area (Å²) in [6, 6.07) is 8.04. The van der Waals surface area contributed by atoms with Crippen molar-refractivity contribution in [3.63, 3.8) is 0 Å². The summed E-state index contributed by atoms with van der Waals surface area (Å²) in [5.41, 5.74) is 0.780. The fraction of sp³-hybridized carbons (Fsp3) is 0.263. The molecule has 150 valence electrons. The first-order valence-electron chi connectivity index (χ1n) is 8.61. The summed E-state index contributed by atoms with van der Waals surface area (Å²) >= 11 is -5.37. The summed E-state index contributed by atoms with van der Waals surface area (Å²) in [4.78, 5) is 23.8. The molecule has 0 saturated heterocycles. The topological polar surface area (TPSA) is 122 Å². The molecule has 1 atom stereocenters. The van der Waals surface area contributed by atoms with Crippen LogP contribution in [0.4, 0.5) is 5.69 Å². The zero-order valence-electron chi connectivity index (χ0n) is 15.8. The van der Waals surface area contributed by atoms with E-state index in [9.17, 15) is 22.5 Å². The molecule has 1 amide bonds. The normalized spacial score (nSPS) is 12.7. The van der Waals surface area contributed by atoms with E-state index in [-0.39, 0.29) is 21.4 Å². The number of amides is 1. The van der Waals surface area contributed by atoms with Crippen LogP contribution in [-0.2, 0) is 18.7 Å². The Bertz CT molecular complexity index is 942. The van der Waals surface area contributed by atoms with Gasteiger partial charge in [0.2, 0.25) is 0 Å². The molecule has 2 aromatic carbocycles. The van der Waals surface area contributed by atoms with Crippen molar-refractivity contribution in [2.75, 3.05) is 11.9 Å². The summed E-state index contributed by atoms with van der Waals surface area (Å²) in [5, 5.41) is 11.9. The van der Waals surface area contributed by atoms with Gasteiger partial charge >= 0.3 is 165 Å². The predicted octanol–water partition coefficient (Wildman–Crippen LogP) is 1.74. The van der Waals surface area contributed by atoms with Crippen molar-refractivity contribution in [3.8, 4) is 11.5 Å². The second kappa shape index (κ2) is 8.99. The third-order valence-corrected chi connectivity index (χ3v) is 6.74. The molecule has 0 radical (unpaired) electrons. The molecule has 3 N–H and O–H groups in total. The van der Waals surface area contributed by atoms with E-state index < -0.39 is 26.0 Å². The van der Waals surface area contributed by atoms with Crippen molar-refractivity contribution < 1.29 is 31.0 Å². The van der Waals surface area contributed by atoms with Gasteiger partial charge in [-0.1, -0.05) is 0 Å². The summed E-state index contributed by atoms with van der Waals surface area (Å²) in [7, 11) is 0. The minimum atomic E-state index is -5.37. The van der Waals surface area contributed by atoms with Crippen molar-refractivity contribution in [2.24, 2.45) is 0 Å². The number of aryl methyl sites for hydroxylation is 1. The van der Waals surface area contributed by atoms with E-state index in [0.717, 1.165) is 17.7 Å². The van der Waals surface area contributed by atoms with Gasteiger partial charge in [-0.05, 0) is 0 Å². The fourth-order valence-electron chi connectivity index (χ4n) is 2.55. The van der Waals surface area contributed by atoms with Gasteiger partial charge in [-0.3, -0.25) is 0 Å². The number of ether oxygens (including phenoxy) is 1. The number of carbonyl (C=O) groups excluding carboxylic acids is 2. The van der Waals surface area contributed by atoms with Gasteiger partial charge in [0.05, 0.1) is 0 Å². The van der Waals surface area contributed by atoms with Crippen molar-refractivity contribution in [1.82, 2.24) is 0 Å². The number of hydrogen-bond acceptors (Lipinski definition) is 6. The molecule has 0 aliphatic carbocycles. The number of hydrogen-bond donors (Lipinski definition) is 3. The van der Waals surface area contributed by atoms with Gasteiger partial charge in [0.25, 0.3) is 0 Å². The first kappa shape index (κ1) is 21.6. The maximum absolute atomic E-state index is 12.8. The number of phenols is 1. The van der Waals surface area contributed by atoms with Gasteiger partial charge in [0.1, 0.15) is 0 Å². The van der Waals surface area contributed by atoms with Crippen LogP contribution in [0.25, 0.3) is 0 Å². The molecule has 0 bridgehead atoms. The van der Waals surface area contributed by atoms with Gasteiger partial charge in [-0.2, -0.15) is 0 Å². The molecule has 2 rings (SSSR count). The Morgan fingerprint density at radius 2 is 1.86 bits per heavy atom. The summed E-state index contributed by atoms with van der Waals surface area (Å²) in [6.45, 7) is 5.42. The second-order valence-corrected chi connectivity index (χ2v) is 9.47. The average Bonchev–Trinajstić information content (AvgIpc) is 2.61. The summed E-state index contributed by atoms with van der Waals surface area (Å²) in [5.74, 6) is -1.06. The number of nitrogens with one attached hydrogen (secondary N) is 1. The molecule has 0 fully saturated rings. The first-order valence-corrected chi connectivity index (χ1v) is 11.9. The van der Waals surface area contributed by atoms with Crippen LogP contribution in [0.2, 0.25) is 0 Å². The van der Waals surface area contributed by atoms with E-state index in [1.807, 2.05) is 13.8 Å². The Labute approximate surface area is 165 Å². The molecule has 2 aromatic rings. The standard InChI is InChI=1S/C19H22AsNO7/c1-4-13-10-14(6-9-18(13)27-5-2)19(24)28-20(25,26)16-8-7-15(23)11-17(16)21-12(3)22/h6-11,23H,4-5H2,1-3H3,(H,21,22)(H,25,26). The maximum atomic E-state index is 12.8. The molecule has 28 heavy (non-hydrogen) atoms. The van der Waals surface area contributed by atoms with Crippen LogP contribution in [0.3, 0.4) is 0 Å². The van der Waals surface area contributed by atoms with Gasteiger partial charge in [0, 0.05) is 0 Å². The summed E-state index contributed by atoms with van der Waals surface area (Å²) < 4.78 is 33.3. The van der Waals surface area contributed by atoms with Gasteiger partial charge in [0.15, 0.2) is 0 Å². The summed E-state index contributed by atoms with van der Waals surface area (Å²) in [6.07, 6.45) is 0.600. The molecule has 9 heteroatoms. The zero-order valence-corrected chi connectivity index (χ0v) is 17.6. The van der Waals surface area contributed by atoms with Crippen LogP contribution < -0.4 is 14.4 Å². The van der Waals surface area contributed by atoms with E-state index >= 15 is 0 Å². The number of carbonyl (C=O) groups is 2. The molecule has 8 nitrogen and oxygen atoms in total.